The van der Waals surface area contributed by atoms with Crippen LogP contribution in [0.5, 0.6) is 0 Å². The number of carbonyl (C=O) groups is 1. The monoisotopic (exact) mass is 539 g/mol. The average Bonchev–Trinajstić information content (AvgIpc) is 3.56. The molecule has 1 amide bonds. The predicted octanol–water partition coefficient (Wildman–Crippen LogP) is 4.73. The summed E-state index contributed by atoms with van der Waals surface area (Å²) in [7, 11) is 1.77. The minimum absolute atomic E-state index is 0.0163. The minimum atomic E-state index is -0.0391. The number of carbonyl (C=O) groups excluding carboxylic acids is 1. The van der Waals surface area contributed by atoms with Crippen molar-refractivity contribution < 1.29 is 14.3 Å². The van der Waals surface area contributed by atoms with E-state index in [2.05, 4.69) is 51.8 Å². The Kier molecular flexibility index (Phi) is 8.38. The number of nitrogens with one attached hydrogen (secondary N) is 2. The summed E-state index contributed by atoms with van der Waals surface area (Å²) in [5.41, 5.74) is 4.35. The molecule has 1 atom stereocenters. The van der Waals surface area contributed by atoms with Crippen LogP contribution in [-0.2, 0) is 16.0 Å². The van der Waals surface area contributed by atoms with E-state index in [4.69, 9.17) is 14.5 Å². The molecule has 3 fully saturated rings. The number of ether oxygens (including phenoxy) is 2. The second-order valence-corrected chi connectivity index (χ2v) is 12.0. The number of allylic oxidation sites excluding steroid dienone is 1. The fourth-order valence-electron chi connectivity index (χ4n) is 5.26. The van der Waals surface area contributed by atoms with Crippen LogP contribution in [0.4, 0.5) is 10.8 Å². The number of methoxy groups -OCH3 is 1. The van der Waals surface area contributed by atoms with Gasteiger partial charge in [-0.25, -0.2) is 4.98 Å². The maximum Gasteiger partial charge on any atom is 0.253 e. The lowest BCUT2D eigenvalue weighted by molar-refractivity contribution is -0.0552. The molecule has 0 unspecified atom stereocenters. The zero-order valence-electron chi connectivity index (χ0n) is 23.1. The number of amides is 1. The Labute approximate surface area is 230 Å². The molecule has 9 heteroatoms. The standard InChI is InChI=1S/C29H41N5O3S/c1-5-24(26-18-38-28(32-26)33-12-11-22(17-33)36-4)31-25-10-9-20(16-34-13-14-37-19-29(34,2)3)15-23(25)27(35)30-21-7-6-8-21/h5,9-10,15,18,21-22,31H,6-8,11-14,16-17,19H2,1-4H3,(H,30,35)/t22-/m0/s1. The van der Waals surface area contributed by atoms with Gasteiger partial charge in [0.2, 0.25) is 0 Å². The van der Waals surface area contributed by atoms with Crippen molar-refractivity contribution >= 4 is 33.8 Å². The highest BCUT2D eigenvalue weighted by molar-refractivity contribution is 7.13. The number of thiazole rings is 1. The van der Waals surface area contributed by atoms with Gasteiger partial charge in [-0.3, -0.25) is 9.69 Å². The Bertz CT molecular complexity index is 1160. The second-order valence-electron chi connectivity index (χ2n) is 11.2. The molecular formula is C29H41N5O3S. The molecule has 206 valence electrons. The van der Waals surface area contributed by atoms with Crippen molar-refractivity contribution in [2.45, 2.75) is 70.7 Å². The molecule has 1 saturated carbocycles. The molecule has 5 rings (SSSR count). The molecule has 0 radical (unpaired) electrons. The van der Waals surface area contributed by atoms with E-state index in [1.807, 2.05) is 19.1 Å². The van der Waals surface area contributed by atoms with Crippen LogP contribution in [0, 0.1) is 0 Å². The summed E-state index contributed by atoms with van der Waals surface area (Å²) in [4.78, 5) is 23.1. The Hall–Kier alpha value is -2.46. The number of benzene rings is 1. The van der Waals surface area contributed by atoms with Crippen molar-refractivity contribution in [2.24, 2.45) is 0 Å². The van der Waals surface area contributed by atoms with E-state index in [0.29, 0.717) is 12.2 Å². The van der Waals surface area contributed by atoms with E-state index >= 15 is 0 Å². The number of nitrogens with zero attached hydrogens (tertiary/aromatic N) is 3. The van der Waals surface area contributed by atoms with Gasteiger partial charge in [-0.2, -0.15) is 0 Å². The van der Waals surface area contributed by atoms with Crippen LogP contribution in [0.1, 0.15) is 68.1 Å². The van der Waals surface area contributed by atoms with Crippen molar-refractivity contribution in [1.82, 2.24) is 15.2 Å². The van der Waals surface area contributed by atoms with E-state index in [9.17, 15) is 4.79 Å². The van der Waals surface area contributed by atoms with Crippen LogP contribution in [0.2, 0.25) is 0 Å². The second kappa shape index (κ2) is 11.7. The van der Waals surface area contributed by atoms with Crippen molar-refractivity contribution in [3.8, 4) is 0 Å². The normalized spacial score (nSPS) is 22.4. The molecule has 2 aromatic rings. The third kappa shape index (κ3) is 6.06. The van der Waals surface area contributed by atoms with Gasteiger partial charge >= 0.3 is 0 Å². The molecule has 0 bridgehead atoms. The Morgan fingerprint density at radius 2 is 2.13 bits per heavy atom. The van der Waals surface area contributed by atoms with Crippen LogP contribution >= 0.6 is 11.3 Å². The molecule has 2 aliphatic heterocycles. The third-order valence-corrected chi connectivity index (χ3v) is 8.94. The first kappa shape index (κ1) is 27.1. The largest absolute Gasteiger partial charge is 0.380 e. The fraction of sp³-hybridized carbons (Fsp3) is 0.586. The van der Waals surface area contributed by atoms with Gasteiger partial charge in [-0.1, -0.05) is 12.1 Å². The van der Waals surface area contributed by atoms with Gasteiger partial charge in [0.05, 0.1) is 42.0 Å². The highest BCUT2D eigenvalue weighted by atomic mass is 32.1. The van der Waals surface area contributed by atoms with Crippen LogP contribution in [0.15, 0.2) is 29.7 Å². The van der Waals surface area contributed by atoms with E-state index in [1.165, 1.54) is 6.42 Å². The van der Waals surface area contributed by atoms with Crippen LogP contribution in [0.3, 0.4) is 0 Å². The zero-order valence-corrected chi connectivity index (χ0v) is 23.9. The summed E-state index contributed by atoms with van der Waals surface area (Å²) in [5, 5.41) is 9.87. The summed E-state index contributed by atoms with van der Waals surface area (Å²) >= 11 is 1.65. The van der Waals surface area contributed by atoms with Crippen molar-refractivity contribution in [3.63, 3.8) is 0 Å². The highest BCUT2D eigenvalue weighted by Gasteiger charge is 2.31. The molecule has 2 saturated heterocycles. The number of hydrogen-bond donors (Lipinski definition) is 2. The van der Waals surface area contributed by atoms with E-state index in [0.717, 1.165) is 79.8 Å². The van der Waals surface area contributed by atoms with Crippen LogP contribution in [-0.4, -0.2) is 73.4 Å². The molecule has 0 spiro atoms. The molecular weight excluding hydrogens is 498 g/mol. The third-order valence-electron chi connectivity index (χ3n) is 8.03. The first-order valence-corrected chi connectivity index (χ1v) is 14.7. The Morgan fingerprint density at radius 1 is 1.29 bits per heavy atom. The van der Waals surface area contributed by atoms with E-state index in [1.54, 1.807) is 18.4 Å². The van der Waals surface area contributed by atoms with Gasteiger partial charge in [0.25, 0.3) is 5.91 Å². The van der Waals surface area contributed by atoms with Gasteiger partial charge in [0.1, 0.15) is 0 Å². The maximum absolute atomic E-state index is 13.4. The van der Waals surface area contributed by atoms with Gasteiger partial charge in [-0.15, -0.1) is 11.3 Å². The molecule has 8 nitrogen and oxygen atoms in total. The highest BCUT2D eigenvalue weighted by Crippen LogP contribution is 2.31. The lowest BCUT2D eigenvalue weighted by Crippen LogP contribution is -2.52. The predicted molar refractivity (Wildman–Crippen MR) is 154 cm³/mol. The van der Waals surface area contributed by atoms with Gasteiger partial charge in [0.15, 0.2) is 5.13 Å². The quantitative estimate of drug-likeness (QED) is 0.477. The van der Waals surface area contributed by atoms with Crippen LogP contribution in [0.25, 0.3) is 5.70 Å². The number of rotatable bonds is 9. The number of hydrogen-bond acceptors (Lipinski definition) is 8. The van der Waals surface area contributed by atoms with Gasteiger partial charge < -0.3 is 25.0 Å². The topological polar surface area (TPSA) is 79.0 Å². The Balaban J connectivity index is 1.36. The summed E-state index contributed by atoms with van der Waals surface area (Å²) < 4.78 is 11.2. The summed E-state index contributed by atoms with van der Waals surface area (Å²) in [6.45, 7) is 11.4. The average molecular weight is 540 g/mol. The molecule has 3 heterocycles. The van der Waals surface area contributed by atoms with Crippen LogP contribution < -0.4 is 15.5 Å². The summed E-state index contributed by atoms with van der Waals surface area (Å²) in [6, 6.07) is 6.49. The first-order chi connectivity index (χ1) is 18.4. The molecule has 3 aliphatic rings. The number of anilines is 2. The maximum atomic E-state index is 13.4. The lowest BCUT2D eigenvalue weighted by Gasteiger charge is -2.42. The smallest absolute Gasteiger partial charge is 0.253 e. The number of aromatic nitrogens is 1. The zero-order chi connectivity index (χ0) is 26.7. The summed E-state index contributed by atoms with van der Waals surface area (Å²) in [6.07, 6.45) is 6.60. The van der Waals surface area contributed by atoms with Crippen molar-refractivity contribution in [2.75, 3.05) is 50.2 Å². The first-order valence-electron chi connectivity index (χ1n) is 13.8. The van der Waals surface area contributed by atoms with Gasteiger partial charge in [0, 0.05) is 50.2 Å². The number of morpholine rings is 1. The molecule has 1 aliphatic carbocycles. The Morgan fingerprint density at radius 3 is 2.82 bits per heavy atom. The van der Waals surface area contributed by atoms with Gasteiger partial charge in [-0.05, 0) is 64.2 Å². The molecule has 1 aromatic carbocycles. The van der Waals surface area contributed by atoms with E-state index < -0.39 is 0 Å². The molecule has 2 N–H and O–H groups in total. The van der Waals surface area contributed by atoms with Crippen molar-refractivity contribution in [3.05, 3.63) is 46.5 Å². The SMILES string of the molecule is CC=C(Nc1ccc(CN2CCOCC2(C)C)cc1C(=O)NC1CCC1)c1csc(N2CC[C@H](OC)C2)n1. The molecule has 38 heavy (non-hydrogen) atoms. The fourth-order valence-corrected chi connectivity index (χ4v) is 6.13. The van der Waals surface area contributed by atoms with Crippen molar-refractivity contribution in [1.29, 1.82) is 0 Å². The summed E-state index contributed by atoms with van der Waals surface area (Å²) in [5.74, 6) is -0.0163. The minimum Gasteiger partial charge on any atom is -0.380 e. The molecule has 1 aromatic heterocycles. The lowest BCUT2D eigenvalue weighted by atomic mass is 9.92. The van der Waals surface area contributed by atoms with E-state index in [-0.39, 0.29) is 23.6 Å².